The van der Waals surface area contributed by atoms with Crippen molar-refractivity contribution >= 4 is 0 Å². The summed E-state index contributed by atoms with van der Waals surface area (Å²) in [5.74, 6) is 0. The minimum atomic E-state index is -0.0919. The average molecular weight is 242 g/mol. The Labute approximate surface area is 107 Å². The summed E-state index contributed by atoms with van der Waals surface area (Å²) in [5.41, 5.74) is 11.4. The van der Waals surface area contributed by atoms with Gasteiger partial charge in [-0.3, -0.25) is 4.79 Å². The lowest BCUT2D eigenvalue weighted by Crippen LogP contribution is -2.18. The van der Waals surface area contributed by atoms with Crippen molar-refractivity contribution in [3.05, 3.63) is 56.9 Å². The molecule has 0 saturated carbocycles. The van der Waals surface area contributed by atoms with Crippen molar-refractivity contribution in [2.75, 3.05) is 0 Å². The summed E-state index contributed by atoms with van der Waals surface area (Å²) in [6.07, 6.45) is 0. The predicted molar refractivity (Wildman–Crippen MR) is 74.6 cm³/mol. The monoisotopic (exact) mass is 242 g/mol. The number of H-pyrrole nitrogens is 1. The van der Waals surface area contributed by atoms with Gasteiger partial charge < -0.3 is 10.7 Å². The Morgan fingerprint density at radius 1 is 1.06 bits per heavy atom. The highest BCUT2D eigenvalue weighted by molar-refractivity contribution is 5.62. The maximum atomic E-state index is 11.9. The second kappa shape index (κ2) is 4.78. The molecule has 0 radical (unpaired) electrons. The number of rotatable bonds is 2. The Morgan fingerprint density at radius 3 is 2.33 bits per heavy atom. The van der Waals surface area contributed by atoms with Crippen LogP contribution in [-0.4, -0.2) is 4.98 Å². The molecule has 0 spiro atoms. The summed E-state index contributed by atoms with van der Waals surface area (Å²) >= 11 is 0. The lowest BCUT2D eigenvalue weighted by molar-refractivity contribution is 0.996. The Kier molecular flexibility index (Phi) is 3.34. The summed E-state index contributed by atoms with van der Waals surface area (Å²) in [5, 5.41) is 0. The van der Waals surface area contributed by atoms with Crippen LogP contribution in [0.3, 0.4) is 0 Å². The van der Waals surface area contributed by atoms with E-state index >= 15 is 0 Å². The van der Waals surface area contributed by atoms with E-state index in [1.807, 2.05) is 19.1 Å². The summed E-state index contributed by atoms with van der Waals surface area (Å²) in [6, 6.07) is 8.15. The summed E-state index contributed by atoms with van der Waals surface area (Å²) in [4.78, 5) is 14.8. The van der Waals surface area contributed by atoms with Crippen LogP contribution in [0.1, 0.15) is 22.3 Å². The zero-order valence-electron chi connectivity index (χ0n) is 11.0. The fourth-order valence-electron chi connectivity index (χ4n) is 2.03. The molecule has 2 rings (SSSR count). The van der Waals surface area contributed by atoms with Crippen molar-refractivity contribution in [1.29, 1.82) is 0 Å². The van der Waals surface area contributed by atoms with Crippen molar-refractivity contribution in [3.8, 4) is 11.3 Å². The molecule has 0 aliphatic carbocycles. The molecule has 3 nitrogen and oxygen atoms in total. The third-order valence-electron chi connectivity index (χ3n) is 3.38. The maximum absolute atomic E-state index is 11.9. The molecule has 0 bridgehead atoms. The van der Waals surface area contributed by atoms with E-state index in [1.165, 1.54) is 11.1 Å². The maximum Gasteiger partial charge on any atom is 0.253 e. The highest BCUT2D eigenvalue weighted by Gasteiger charge is 2.06. The number of benzene rings is 1. The van der Waals surface area contributed by atoms with Gasteiger partial charge in [0.05, 0.1) is 0 Å². The number of aromatic amines is 1. The van der Waals surface area contributed by atoms with Crippen LogP contribution in [0.2, 0.25) is 0 Å². The van der Waals surface area contributed by atoms with Gasteiger partial charge in [-0.05, 0) is 55.2 Å². The van der Waals surface area contributed by atoms with E-state index < -0.39 is 0 Å². The Hall–Kier alpha value is -1.87. The minimum Gasteiger partial charge on any atom is -0.326 e. The molecule has 94 valence electrons. The first-order chi connectivity index (χ1) is 8.52. The van der Waals surface area contributed by atoms with Gasteiger partial charge in [-0.15, -0.1) is 0 Å². The molecule has 0 aliphatic rings. The Morgan fingerprint density at radius 2 is 1.78 bits per heavy atom. The van der Waals surface area contributed by atoms with Crippen molar-refractivity contribution in [1.82, 2.24) is 4.98 Å². The predicted octanol–water partition coefficient (Wildman–Crippen LogP) is 2.43. The molecule has 0 unspecified atom stereocenters. The van der Waals surface area contributed by atoms with E-state index in [9.17, 15) is 4.79 Å². The molecule has 0 fully saturated rings. The molecule has 3 N–H and O–H groups in total. The van der Waals surface area contributed by atoms with E-state index in [-0.39, 0.29) is 12.1 Å². The minimum absolute atomic E-state index is 0.0919. The normalized spacial score (nSPS) is 10.7. The first-order valence-electron chi connectivity index (χ1n) is 6.03. The van der Waals surface area contributed by atoms with Crippen LogP contribution < -0.4 is 11.3 Å². The molecular weight excluding hydrogens is 224 g/mol. The number of nitrogens with one attached hydrogen (secondary N) is 1. The number of hydrogen-bond donors (Lipinski definition) is 2. The zero-order chi connectivity index (χ0) is 13.3. The Balaban J connectivity index is 2.58. The molecule has 18 heavy (non-hydrogen) atoms. The SMILES string of the molecule is Cc1ccc(-c2cc(C)c(CN)c(=O)[nH]2)cc1C. The second-order valence-electron chi connectivity index (χ2n) is 4.68. The Bertz CT molecular complexity index is 641. The molecular formula is C15H18N2O. The molecule has 1 aromatic carbocycles. The van der Waals surface area contributed by atoms with Gasteiger partial charge >= 0.3 is 0 Å². The molecule has 0 aliphatic heterocycles. The molecule has 0 saturated heterocycles. The van der Waals surface area contributed by atoms with Crippen molar-refractivity contribution < 1.29 is 0 Å². The summed E-state index contributed by atoms with van der Waals surface area (Å²) < 4.78 is 0. The molecule has 0 amide bonds. The molecule has 0 atom stereocenters. The van der Waals surface area contributed by atoms with Gasteiger partial charge in [-0.2, -0.15) is 0 Å². The van der Waals surface area contributed by atoms with Gasteiger partial charge in [-0.1, -0.05) is 12.1 Å². The van der Waals surface area contributed by atoms with Crippen LogP contribution in [0, 0.1) is 20.8 Å². The lowest BCUT2D eigenvalue weighted by atomic mass is 10.0. The van der Waals surface area contributed by atoms with Crippen LogP contribution >= 0.6 is 0 Å². The lowest BCUT2D eigenvalue weighted by Gasteiger charge is -2.08. The molecule has 1 aromatic heterocycles. The molecule has 1 heterocycles. The van der Waals surface area contributed by atoms with Gasteiger partial charge in [0.1, 0.15) is 0 Å². The molecule has 3 heteroatoms. The number of pyridine rings is 1. The highest BCUT2D eigenvalue weighted by Crippen LogP contribution is 2.20. The quantitative estimate of drug-likeness (QED) is 0.849. The average Bonchev–Trinajstić information content (AvgIpc) is 2.32. The largest absolute Gasteiger partial charge is 0.326 e. The van der Waals surface area contributed by atoms with E-state index in [4.69, 9.17) is 5.73 Å². The zero-order valence-corrected chi connectivity index (χ0v) is 11.0. The molecule has 2 aromatic rings. The van der Waals surface area contributed by atoms with Crippen molar-refractivity contribution in [3.63, 3.8) is 0 Å². The van der Waals surface area contributed by atoms with Crippen LogP contribution in [-0.2, 0) is 6.54 Å². The van der Waals surface area contributed by atoms with E-state index in [1.54, 1.807) is 0 Å². The number of aromatic nitrogens is 1. The third-order valence-corrected chi connectivity index (χ3v) is 3.38. The first-order valence-corrected chi connectivity index (χ1v) is 6.03. The van der Waals surface area contributed by atoms with Crippen molar-refractivity contribution in [2.24, 2.45) is 5.73 Å². The fourth-order valence-corrected chi connectivity index (χ4v) is 2.03. The summed E-state index contributed by atoms with van der Waals surface area (Å²) in [7, 11) is 0. The van der Waals surface area contributed by atoms with E-state index in [0.29, 0.717) is 5.56 Å². The number of hydrogen-bond acceptors (Lipinski definition) is 2. The first kappa shape index (κ1) is 12.6. The third kappa shape index (κ3) is 2.22. The fraction of sp³-hybridized carbons (Fsp3) is 0.267. The topological polar surface area (TPSA) is 58.9 Å². The van der Waals surface area contributed by atoms with Crippen LogP contribution in [0.4, 0.5) is 0 Å². The second-order valence-corrected chi connectivity index (χ2v) is 4.68. The van der Waals surface area contributed by atoms with Crippen LogP contribution in [0.25, 0.3) is 11.3 Å². The van der Waals surface area contributed by atoms with Gasteiger partial charge in [0.15, 0.2) is 0 Å². The van der Waals surface area contributed by atoms with Gasteiger partial charge in [-0.25, -0.2) is 0 Å². The smallest absolute Gasteiger partial charge is 0.253 e. The van der Waals surface area contributed by atoms with Gasteiger partial charge in [0, 0.05) is 17.8 Å². The number of nitrogens with two attached hydrogens (primary N) is 1. The van der Waals surface area contributed by atoms with Gasteiger partial charge in [0.2, 0.25) is 0 Å². The standard InChI is InChI=1S/C15H18N2O/c1-9-4-5-12(6-10(9)2)14-7-11(3)13(8-16)15(18)17-14/h4-7H,8,16H2,1-3H3,(H,17,18). The highest BCUT2D eigenvalue weighted by atomic mass is 16.1. The van der Waals surface area contributed by atoms with Gasteiger partial charge in [0.25, 0.3) is 5.56 Å². The van der Waals surface area contributed by atoms with Crippen LogP contribution in [0.15, 0.2) is 29.1 Å². The van der Waals surface area contributed by atoms with Crippen LogP contribution in [0.5, 0.6) is 0 Å². The van der Waals surface area contributed by atoms with E-state index in [0.717, 1.165) is 16.8 Å². The van der Waals surface area contributed by atoms with E-state index in [2.05, 4.69) is 31.0 Å². The number of aryl methyl sites for hydroxylation is 3. The summed E-state index contributed by atoms with van der Waals surface area (Å²) in [6.45, 7) is 6.33. The van der Waals surface area contributed by atoms with Crippen molar-refractivity contribution in [2.45, 2.75) is 27.3 Å².